The van der Waals surface area contributed by atoms with Gasteiger partial charge in [0.15, 0.2) is 0 Å². The first-order valence-electron chi connectivity index (χ1n) is 9.94. The zero-order valence-electron chi connectivity index (χ0n) is 17.7. The number of aromatic nitrogens is 3. The molecule has 4 aromatic rings. The summed E-state index contributed by atoms with van der Waals surface area (Å²) in [6.45, 7) is 4.17. The summed E-state index contributed by atoms with van der Waals surface area (Å²) in [4.78, 5) is 17.6. The molecule has 170 valence electrons. The quantitative estimate of drug-likeness (QED) is 0.324. The van der Waals surface area contributed by atoms with Crippen molar-refractivity contribution in [2.24, 2.45) is 0 Å². The van der Waals surface area contributed by atoms with Gasteiger partial charge in [-0.3, -0.25) is 4.79 Å². The molecule has 1 N–H and O–H groups in total. The van der Waals surface area contributed by atoms with E-state index < -0.39 is 16.1 Å². The second kappa shape index (κ2) is 8.86. The Morgan fingerprint density at radius 1 is 1.06 bits per heavy atom. The summed E-state index contributed by atoms with van der Waals surface area (Å²) >= 11 is 2.18. The standard InChI is InChI=1S/C23H19BrF2N4O3/c1-22(2,17-12-32-20(28-17)14-7-4-3-5-8-14)13-27-19(31)16-10-6-9-15(11-16)18-29-21(33-30-18)23(24,25)26/h3-12H,13H2,1-2H3,(H,27,31). The van der Waals surface area contributed by atoms with Crippen LogP contribution in [0.4, 0.5) is 8.78 Å². The third-order valence-corrected chi connectivity index (χ3v) is 5.30. The Bertz CT molecular complexity index is 1270. The van der Waals surface area contributed by atoms with Crippen molar-refractivity contribution >= 4 is 21.8 Å². The van der Waals surface area contributed by atoms with Crippen molar-refractivity contribution in [1.29, 1.82) is 0 Å². The first-order chi connectivity index (χ1) is 15.6. The van der Waals surface area contributed by atoms with Crippen molar-refractivity contribution in [3.63, 3.8) is 0 Å². The smallest absolute Gasteiger partial charge is 0.378 e. The van der Waals surface area contributed by atoms with Crippen LogP contribution in [0.1, 0.15) is 35.8 Å². The molecule has 4 rings (SSSR count). The summed E-state index contributed by atoms with van der Waals surface area (Å²) in [6.07, 6.45) is 1.59. The van der Waals surface area contributed by atoms with Crippen LogP contribution in [0.15, 0.2) is 69.8 Å². The number of hydrogen-bond donors (Lipinski definition) is 1. The highest BCUT2D eigenvalue weighted by Crippen LogP contribution is 2.34. The lowest BCUT2D eigenvalue weighted by Gasteiger charge is -2.22. The van der Waals surface area contributed by atoms with Crippen molar-refractivity contribution in [2.75, 3.05) is 6.54 Å². The summed E-state index contributed by atoms with van der Waals surface area (Å²) in [5.74, 6) is -0.746. The SMILES string of the molecule is CC(C)(CNC(=O)c1cccc(-c2noc(C(F)(F)Br)n2)c1)c1coc(-c2ccccc2)n1. The van der Waals surface area contributed by atoms with E-state index in [2.05, 4.69) is 40.9 Å². The van der Waals surface area contributed by atoms with Crippen molar-refractivity contribution in [3.8, 4) is 22.8 Å². The van der Waals surface area contributed by atoms with Crippen LogP contribution in [0, 0.1) is 0 Å². The fourth-order valence-electron chi connectivity index (χ4n) is 3.05. The van der Waals surface area contributed by atoms with E-state index in [4.69, 9.17) is 4.42 Å². The summed E-state index contributed by atoms with van der Waals surface area (Å²) < 4.78 is 36.8. The number of hydrogen-bond acceptors (Lipinski definition) is 6. The highest BCUT2D eigenvalue weighted by Gasteiger charge is 2.35. The first kappa shape index (κ1) is 22.8. The normalized spacial score (nSPS) is 12.0. The molecule has 0 fully saturated rings. The van der Waals surface area contributed by atoms with Crippen LogP contribution in [-0.2, 0) is 10.2 Å². The highest BCUT2D eigenvalue weighted by atomic mass is 79.9. The maximum absolute atomic E-state index is 13.3. The minimum atomic E-state index is -3.43. The summed E-state index contributed by atoms with van der Waals surface area (Å²) in [6, 6.07) is 15.9. The fraction of sp³-hybridized carbons (Fsp3) is 0.217. The van der Waals surface area contributed by atoms with Gasteiger partial charge >= 0.3 is 10.7 Å². The van der Waals surface area contributed by atoms with Gasteiger partial charge in [0.05, 0.1) is 5.69 Å². The molecule has 0 bridgehead atoms. The van der Waals surface area contributed by atoms with Gasteiger partial charge < -0.3 is 14.3 Å². The van der Waals surface area contributed by atoms with Gasteiger partial charge in [0.2, 0.25) is 11.7 Å². The average Bonchev–Trinajstić information content (AvgIpc) is 3.49. The largest absolute Gasteiger partial charge is 0.444 e. The monoisotopic (exact) mass is 516 g/mol. The van der Waals surface area contributed by atoms with Gasteiger partial charge in [0, 0.05) is 44.6 Å². The van der Waals surface area contributed by atoms with E-state index >= 15 is 0 Å². The van der Waals surface area contributed by atoms with Crippen LogP contribution in [0.25, 0.3) is 22.8 Å². The molecule has 10 heteroatoms. The predicted octanol–water partition coefficient (Wildman–Crippen LogP) is 5.54. The number of carbonyl (C=O) groups excluding carboxylic acids is 1. The Kier molecular flexibility index (Phi) is 6.11. The molecular formula is C23H19BrF2N4O3. The molecule has 0 aliphatic carbocycles. The Balaban J connectivity index is 1.45. The molecule has 2 aromatic heterocycles. The number of nitrogens with one attached hydrogen (secondary N) is 1. The molecule has 0 saturated carbocycles. The number of oxazole rings is 1. The van der Waals surface area contributed by atoms with E-state index in [0.29, 0.717) is 29.3 Å². The molecule has 0 radical (unpaired) electrons. The molecule has 2 aromatic carbocycles. The minimum Gasteiger partial charge on any atom is -0.444 e. The summed E-state index contributed by atoms with van der Waals surface area (Å²) in [5, 5.41) is 6.44. The van der Waals surface area contributed by atoms with Gasteiger partial charge in [-0.25, -0.2) is 4.98 Å². The van der Waals surface area contributed by atoms with E-state index in [1.54, 1.807) is 24.5 Å². The lowest BCUT2D eigenvalue weighted by atomic mass is 9.90. The van der Waals surface area contributed by atoms with E-state index in [-0.39, 0.29) is 11.7 Å². The van der Waals surface area contributed by atoms with E-state index in [1.807, 2.05) is 44.2 Å². The topological polar surface area (TPSA) is 94.1 Å². The highest BCUT2D eigenvalue weighted by molar-refractivity contribution is 9.09. The van der Waals surface area contributed by atoms with Gasteiger partial charge in [-0.05, 0) is 24.3 Å². The number of halogens is 3. The van der Waals surface area contributed by atoms with Gasteiger partial charge in [0.25, 0.3) is 5.91 Å². The van der Waals surface area contributed by atoms with Crippen LogP contribution in [-0.4, -0.2) is 27.6 Å². The second-order valence-corrected chi connectivity index (χ2v) is 8.97. The lowest BCUT2D eigenvalue weighted by Crippen LogP contribution is -2.37. The molecule has 33 heavy (non-hydrogen) atoms. The maximum Gasteiger partial charge on any atom is 0.378 e. The summed E-state index contributed by atoms with van der Waals surface area (Å²) in [5.41, 5.74) is 1.75. The van der Waals surface area contributed by atoms with Crippen molar-refractivity contribution in [2.45, 2.75) is 24.1 Å². The Hall–Kier alpha value is -3.40. The Labute approximate surface area is 196 Å². The Morgan fingerprint density at radius 2 is 1.79 bits per heavy atom. The number of rotatable bonds is 7. The first-order valence-corrected chi connectivity index (χ1v) is 10.7. The number of carbonyl (C=O) groups is 1. The van der Waals surface area contributed by atoms with E-state index in [0.717, 1.165) is 5.56 Å². The van der Waals surface area contributed by atoms with Gasteiger partial charge in [-0.1, -0.05) is 49.3 Å². The molecule has 0 aliphatic heterocycles. The van der Waals surface area contributed by atoms with Crippen LogP contribution in [0.3, 0.4) is 0 Å². The molecule has 0 aliphatic rings. The number of amides is 1. The predicted molar refractivity (Wildman–Crippen MR) is 120 cm³/mol. The van der Waals surface area contributed by atoms with Crippen LogP contribution in [0.5, 0.6) is 0 Å². The van der Waals surface area contributed by atoms with E-state index in [1.165, 1.54) is 6.07 Å². The van der Waals surface area contributed by atoms with Crippen molar-refractivity contribution in [1.82, 2.24) is 20.4 Å². The van der Waals surface area contributed by atoms with E-state index in [9.17, 15) is 13.6 Å². The van der Waals surface area contributed by atoms with Crippen LogP contribution >= 0.6 is 15.9 Å². The van der Waals surface area contributed by atoms with Gasteiger partial charge in [-0.15, -0.1) is 0 Å². The molecule has 7 nitrogen and oxygen atoms in total. The number of benzene rings is 2. The van der Waals surface area contributed by atoms with Gasteiger partial charge in [-0.2, -0.15) is 13.8 Å². The fourth-order valence-corrected chi connectivity index (χ4v) is 3.21. The van der Waals surface area contributed by atoms with Gasteiger partial charge in [0.1, 0.15) is 6.26 Å². The molecule has 2 heterocycles. The maximum atomic E-state index is 13.3. The van der Waals surface area contributed by atoms with Crippen LogP contribution < -0.4 is 5.32 Å². The minimum absolute atomic E-state index is 0.0462. The lowest BCUT2D eigenvalue weighted by molar-refractivity contribution is 0.0725. The third kappa shape index (κ3) is 5.16. The zero-order valence-corrected chi connectivity index (χ0v) is 19.3. The molecule has 0 spiro atoms. The molecule has 1 amide bonds. The average molecular weight is 517 g/mol. The second-order valence-electron chi connectivity index (χ2n) is 7.97. The number of alkyl halides is 3. The van der Waals surface area contributed by atoms with Crippen molar-refractivity contribution in [3.05, 3.63) is 78.0 Å². The Morgan fingerprint density at radius 3 is 2.48 bits per heavy atom. The zero-order chi connectivity index (χ0) is 23.6. The molecular weight excluding hydrogens is 498 g/mol. The molecule has 0 atom stereocenters. The summed E-state index contributed by atoms with van der Waals surface area (Å²) in [7, 11) is 0. The molecule has 0 saturated heterocycles. The van der Waals surface area contributed by atoms with Crippen LogP contribution in [0.2, 0.25) is 0 Å². The number of nitrogens with zero attached hydrogens (tertiary/aromatic N) is 3. The third-order valence-electron chi connectivity index (χ3n) is 4.96. The molecule has 0 unspecified atom stereocenters. The van der Waals surface area contributed by atoms with Crippen molar-refractivity contribution < 1.29 is 22.5 Å².